The number of amides is 2. The number of nitrogens with zero attached hydrogens (tertiary/aromatic N) is 1. The molecule has 0 bridgehead atoms. The lowest BCUT2D eigenvalue weighted by Crippen LogP contribution is -2.41. The maximum absolute atomic E-state index is 12.0. The second-order valence-electron chi connectivity index (χ2n) is 4.70. The van der Waals surface area contributed by atoms with Gasteiger partial charge in [0.25, 0.3) is 0 Å². The Balaban J connectivity index is 2.43. The highest BCUT2D eigenvalue weighted by Crippen LogP contribution is 2.05. The fourth-order valence-electron chi connectivity index (χ4n) is 1.75. The second kappa shape index (κ2) is 7.75. The topological polar surface area (TPSA) is 32.3 Å². The van der Waals surface area contributed by atoms with Crippen LogP contribution in [0.3, 0.4) is 0 Å². The van der Waals surface area contributed by atoms with Gasteiger partial charge in [0.05, 0.1) is 0 Å². The molecular formula is C15H24N2O. The monoisotopic (exact) mass is 248 g/mol. The molecule has 1 N–H and O–H groups in total. The Bertz CT molecular complexity index is 351. The van der Waals surface area contributed by atoms with E-state index in [0.29, 0.717) is 12.5 Å². The van der Waals surface area contributed by atoms with Crippen LogP contribution in [0.4, 0.5) is 4.79 Å². The van der Waals surface area contributed by atoms with Crippen LogP contribution >= 0.6 is 0 Å². The van der Waals surface area contributed by atoms with E-state index in [4.69, 9.17) is 0 Å². The molecule has 0 aliphatic heterocycles. The van der Waals surface area contributed by atoms with Crippen molar-refractivity contribution in [2.45, 2.75) is 33.7 Å². The molecule has 0 saturated carbocycles. The molecule has 1 atom stereocenters. The Morgan fingerprint density at radius 2 is 1.94 bits per heavy atom. The third-order valence-electron chi connectivity index (χ3n) is 3.18. The smallest absolute Gasteiger partial charge is 0.317 e. The zero-order valence-corrected chi connectivity index (χ0v) is 11.6. The summed E-state index contributed by atoms with van der Waals surface area (Å²) in [6, 6.07) is 10.0. The van der Waals surface area contributed by atoms with Crippen molar-refractivity contribution in [1.82, 2.24) is 10.2 Å². The van der Waals surface area contributed by atoms with Gasteiger partial charge in [-0.3, -0.25) is 0 Å². The van der Waals surface area contributed by atoms with Crippen molar-refractivity contribution in [3.8, 4) is 0 Å². The minimum Gasteiger partial charge on any atom is -0.334 e. The van der Waals surface area contributed by atoms with Gasteiger partial charge in [0, 0.05) is 19.6 Å². The molecule has 0 aliphatic rings. The van der Waals surface area contributed by atoms with Gasteiger partial charge >= 0.3 is 6.03 Å². The van der Waals surface area contributed by atoms with E-state index in [0.717, 1.165) is 25.1 Å². The molecule has 0 saturated heterocycles. The average Bonchev–Trinajstić information content (AvgIpc) is 2.42. The molecule has 2 amide bonds. The molecular weight excluding hydrogens is 224 g/mol. The lowest BCUT2D eigenvalue weighted by molar-refractivity contribution is 0.191. The van der Waals surface area contributed by atoms with Gasteiger partial charge in [-0.15, -0.1) is 0 Å². The zero-order valence-electron chi connectivity index (χ0n) is 11.6. The summed E-state index contributed by atoms with van der Waals surface area (Å²) in [5, 5.41) is 2.97. The predicted molar refractivity (Wildman–Crippen MR) is 75.4 cm³/mol. The third kappa shape index (κ3) is 4.78. The maximum atomic E-state index is 12.0. The van der Waals surface area contributed by atoms with E-state index in [1.165, 1.54) is 0 Å². The van der Waals surface area contributed by atoms with Gasteiger partial charge in [-0.1, -0.05) is 50.6 Å². The summed E-state index contributed by atoms with van der Waals surface area (Å²) in [5.41, 5.74) is 1.13. The molecule has 0 aliphatic carbocycles. The van der Waals surface area contributed by atoms with Crippen LogP contribution in [-0.2, 0) is 6.54 Å². The number of hydrogen-bond acceptors (Lipinski definition) is 1. The first-order valence-corrected chi connectivity index (χ1v) is 6.74. The van der Waals surface area contributed by atoms with Gasteiger partial charge < -0.3 is 10.2 Å². The first-order chi connectivity index (χ1) is 8.67. The summed E-state index contributed by atoms with van der Waals surface area (Å²) >= 11 is 0. The van der Waals surface area contributed by atoms with E-state index < -0.39 is 0 Å². The first-order valence-electron chi connectivity index (χ1n) is 6.74. The molecule has 100 valence electrons. The van der Waals surface area contributed by atoms with Gasteiger partial charge in [-0.05, 0) is 18.4 Å². The van der Waals surface area contributed by atoms with E-state index >= 15 is 0 Å². The number of carbonyl (C=O) groups excluding carboxylic acids is 1. The second-order valence-corrected chi connectivity index (χ2v) is 4.70. The highest BCUT2D eigenvalue weighted by molar-refractivity contribution is 5.74. The fourth-order valence-corrected chi connectivity index (χ4v) is 1.75. The Morgan fingerprint density at radius 1 is 1.28 bits per heavy atom. The molecule has 3 heteroatoms. The highest BCUT2D eigenvalue weighted by Gasteiger charge is 2.13. The number of hydrogen-bond donors (Lipinski definition) is 1. The number of carbonyl (C=O) groups is 1. The van der Waals surface area contributed by atoms with E-state index in [9.17, 15) is 4.79 Å². The standard InChI is InChI=1S/C15H24N2O/c1-4-13(3)12-17(5-2)15(18)16-11-14-9-7-6-8-10-14/h6-10,13H,4-5,11-12H2,1-3H3,(H,16,18). The minimum atomic E-state index is 0.0293. The van der Waals surface area contributed by atoms with Crippen LogP contribution in [0.1, 0.15) is 32.8 Å². The summed E-state index contributed by atoms with van der Waals surface area (Å²) in [4.78, 5) is 13.9. The van der Waals surface area contributed by atoms with Crippen molar-refractivity contribution < 1.29 is 4.79 Å². The van der Waals surface area contributed by atoms with Gasteiger partial charge in [0.15, 0.2) is 0 Å². The lowest BCUT2D eigenvalue weighted by Gasteiger charge is -2.24. The average molecular weight is 248 g/mol. The van der Waals surface area contributed by atoms with Crippen molar-refractivity contribution in [2.75, 3.05) is 13.1 Å². The van der Waals surface area contributed by atoms with E-state index in [2.05, 4.69) is 19.2 Å². The molecule has 18 heavy (non-hydrogen) atoms. The normalized spacial score (nSPS) is 11.9. The van der Waals surface area contributed by atoms with Crippen LogP contribution in [0.15, 0.2) is 30.3 Å². The summed E-state index contributed by atoms with van der Waals surface area (Å²) < 4.78 is 0. The lowest BCUT2D eigenvalue weighted by atomic mass is 10.1. The van der Waals surface area contributed by atoms with Crippen molar-refractivity contribution >= 4 is 6.03 Å². The van der Waals surface area contributed by atoms with Crippen molar-refractivity contribution in [3.05, 3.63) is 35.9 Å². The molecule has 3 nitrogen and oxygen atoms in total. The Hall–Kier alpha value is -1.51. The largest absolute Gasteiger partial charge is 0.334 e. The van der Waals surface area contributed by atoms with Crippen LogP contribution in [-0.4, -0.2) is 24.0 Å². The molecule has 0 aromatic heterocycles. The van der Waals surface area contributed by atoms with Crippen LogP contribution < -0.4 is 5.32 Å². The van der Waals surface area contributed by atoms with Crippen LogP contribution in [0.25, 0.3) is 0 Å². The minimum absolute atomic E-state index is 0.0293. The van der Waals surface area contributed by atoms with Crippen molar-refractivity contribution in [3.63, 3.8) is 0 Å². The molecule has 0 heterocycles. The molecule has 1 rings (SSSR count). The van der Waals surface area contributed by atoms with Gasteiger partial charge in [0.2, 0.25) is 0 Å². The van der Waals surface area contributed by atoms with Crippen molar-refractivity contribution in [2.24, 2.45) is 5.92 Å². The summed E-state index contributed by atoms with van der Waals surface area (Å²) in [6.45, 7) is 8.52. The van der Waals surface area contributed by atoms with Gasteiger partial charge in [0.1, 0.15) is 0 Å². The summed E-state index contributed by atoms with van der Waals surface area (Å²) in [5.74, 6) is 0.549. The summed E-state index contributed by atoms with van der Waals surface area (Å²) in [7, 11) is 0. The molecule has 1 unspecified atom stereocenters. The number of nitrogens with one attached hydrogen (secondary N) is 1. The SMILES string of the molecule is CCC(C)CN(CC)C(=O)NCc1ccccc1. The quantitative estimate of drug-likeness (QED) is 0.823. The van der Waals surface area contributed by atoms with Crippen LogP contribution in [0.2, 0.25) is 0 Å². The first kappa shape index (κ1) is 14.6. The van der Waals surface area contributed by atoms with Gasteiger partial charge in [-0.25, -0.2) is 4.79 Å². The predicted octanol–water partition coefficient (Wildman–Crippen LogP) is 3.26. The van der Waals surface area contributed by atoms with E-state index in [1.807, 2.05) is 42.2 Å². The molecule has 0 radical (unpaired) electrons. The molecule has 0 spiro atoms. The maximum Gasteiger partial charge on any atom is 0.317 e. The third-order valence-corrected chi connectivity index (χ3v) is 3.18. The molecule has 1 aromatic carbocycles. The van der Waals surface area contributed by atoms with E-state index in [-0.39, 0.29) is 6.03 Å². The molecule has 1 aromatic rings. The van der Waals surface area contributed by atoms with Gasteiger partial charge in [-0.2, -0.15) is 0 Å². The summed E-state index contributed by atoms with van der Waals surface area (Å²) in [6.07, 6.45) is 1.10. The fraction of sp³-hybridized carbons (Fsp3) is 0.533. The highest BCUT2D eigenvalue weighted by atomic mass is 16.2. The Labute approximate surface area is 110 Å². The zero-order chi connectivity index (χ0) is 13.4. The molecule has 0 fully saturated rings. The van der Waals surface area contributed by atoms with E-state index in [1.54, 1.807) is 0 Å². The van der Waals surface area contributed by atoms with Crippen LogP contribution in [0, 0.1) is 5.92 Å². The van der Waals surface area contributed by atoms with Crippen molar-refractivity contribution in [1.29, 1.82) is 0 Å². The Morgan fingerprint density at radius 3 is 2.50 bits per heavy atom. The number of urea groups is 1. The Kier molecular flexibility index (Phi) is 6.26. The number of rotatable bonds is 6. The van der Waals surface area contributed by atoms with Crippen LogP contribution in [0.5, 0.6) is 0 Å². The number of benzene rings is 1.